The molecule has 0 saturated carbocycles. The van der Waals surface area contributed by atoms with Crippen molar-refractivity contribution in [1.82, 2.24) is 9.55 Å². The van der Waals surface area contributed by atoms with Gasteiger partial charge < -0.3 is 19.1 Å². The molecule has 8 aromatic carbocycles. The van der Waals surface area contributed by atoms with Crippen LogP contribution in [0.5, 0.6) is 11.5 Å². The summed E-state index contributed by atoms with van der Waals surface area (Å²) in [5.41, 5.74) is 17.6. The Morgan fingerprint density at radius 1 is 0.488 bits per heavy atom. The zero-order valence-electron chi connectivity index (χ0n) is 50.2. The Balaban J connectivity index is 0.00000753. The predicted octanol–water partition coefficient (Wildman–Crippen LogP) is 20.2. The van der Waals surface area contributed by atoms with Crippen molar-refractivity contribution in [3.05, 3.63) is 263 Å². The summed E-state index contributed by atoms with van der Waals surface area (Å²) in [4.78, 5) is 9.79. The Bertz CT molecular complexity index is 3940. The number of hydrogen-bond acceptors (Lipinski definition) is 4. The quantitative estimate of drug-likeness (QED) is 0.108. The first-order valence-corrected chi connectivity index (χ1v) is 28.9. The number of anilines is 2. The Labute approximate surface area is 503 Å². The average molecular weight is 1260 g/mol. The number of aromatic nitrogens is 2. The van der Waals surface area contributed by atoms with Crippen molar-refractivity contribution in [3.63, 3.8) is 0 Å². The van der Waals surface area contributed by atoms with Crippen molar-refractivity contribution in [2.75, 3.05) is 9.80 Å². The molecule has 0 saturated heterocycles. The van der Waals surface area contributed by atoms with Crippen LogP contribution in [-0.2, 0) is 42.7 Å². The zero-order chi connectivity index (χ0) is 57.2. The van der Waals surface area contributed by atoms with E-state index in [4.69, 9.17) is 9.72 Å². The van der Waals surface area contributed by atoms with Crippen LogP contribution in [-0.4, -0.2) is 9.55 Å². The van der Waals surface area contributed by atoms with Gasteiger partial charge in [-0.3, -0.25) is 0 Å². The molecule has 0 atom stereocenters. The molecule has 0 spiro atoms. The van der Waals surface area contributed by atoms with Crippen LogP contribution < -0.4 is 14.5 Å². The second-order valence-electron chi connectivity index (χ2n) is 25.9. The van der Waals surface area contributed by atoms with E-state index in [1.807, 2.05) is 6.20 Å². The summed E-state index contributed by atoms with van der Waals surface area (Å²) in [5, 5.41) is 2.21. The fraction of sp³-hybridized carbons (Fsp3) is 0.263. The first kappa shape index (κ1) is 57.8. The first-order chi connectivity index (χ1) is 38.6. The second kappa shape index (κ2) is 22.4. The molecule has 11 rings (SSSR count). The summed E-state index contributed by atoms with van der Waals surface area (Å²) in [7, 11) is 0. The standard InChI is InChI=1S/C76H77N4O.Pt/c1-50(2)64-31-24-32-65(51(3)4)72(64)70-48-78(60-40-53(52-25-18-15-19-26-52)39-58(41-60)74(8,9)10)49-79(70)61-42-59(76(13,14)55-29-22-17-23-30-55)43-63(46-61)81-62-34-36-67-66-35-33-56(73(5,6)7)44-68(66)80(69(67)47-62)71-45-57(37-38-77-71)75(11,12)54-27-20-16-21-28-54;/h15-45,48-51H,1-14H3;/q-3;. The summed E-state index contributed by atoms with van der Waals surface area (Å²) in [6, 6.07) is 73.9. The molecular weight excluding hydrogens is 1180 g/mol. The van der Waals surface area contributed by atoms with Crippen LogP contribution >= 0.6 is 0 Å². The van der Waals surface area contributed by atoms with Gasteiger partial charge in [0, 0.05) is 66.6 Å². The van der Waals surface area contributed by atoms with Crippen molar-refractivity contribution < 1.29 is 25.8 Å². The Morgan fingerprint density at radius 3 is 1.70 bits per heavy atom. The topological polar surface area (TPSA) is 33.5 Å². The van der Waals surface area contributed by atoms with Gasteiger partial charge >= 0.3 is 0 Å². The first-order valence-electron chi connectivity index (χ1n) is 28.9. The third-order valence-electron chi connectivity index (χ3n) is 16.8. The van der Waals surface area contributed by atoms with E-state index in [2.05, 4.69) is 318 Å². The van der Waals surface area contributed by atoms with Crippen LogP contribution in [0.15, 0.2) is 194 Å². The van der Waals surface area contributed by atoms with E-state index in [-0.39, 0.29) is 49.1 Å². The number of fused-ring (bicyclic) bond motifs is 3. The van der Waals surface area contributed by atoms with Crippen molar-refractivity contribution in [1.29, 1.82) is 0 Å². The van der Waals surface area contributed by atoms with Gasteiger partial charge in [-0.2, -0.15) is 6.07 Å². The molecule has 0 radical (unpaired) electrons. The molecular formula is C76H77N4OPt-3. The summed E-state index contributed by atoms with van der Waals surface area (Å²) >= 11 is 0. The van der Waals surface area contributed by atoms with Gasteiger partial charge in [0.1, 0.15) is 5.82 Å². The molecule has 0 N–H and O–H groups in total. The van der Waals surface area contributed by atoms with Crippen LogP contribution in [0.4, 0.5) is 11.4 Å². The smallest absolute Gasteiger partial charge is 0.135 e. The van der Waals surface area contributed by atoms with Crippen LogP contribution in [0, 0.1) is 18.8 Å². The molecule has 420 valence electrons. The van der Waals surface area contributed by atoms with Gasteiger partial charge in [-0.05, 0) is 120 Å². The zero-order valence-corrected chi connectivity index (χ0v) is 52.5. The summed E-state index contributed by atoms with van der Waals surface area (Å²) in [6.07, 6.45) is 4.28. The van der Waals surface area contributed by atoms with Gasteiger partial charge in [0.15, 0.2) is 0 Å². The fourth-order valence-electron chi connectivity index (χ4n) is 11.6. The van der Waals surface area contributed by atoms with Crippen LogP contribution in [0.25, 0.3) is 44.4 Å². The van der Waals surface area contributed by atoms with Crippen molar-refractivity contribution in [3.8, 4) is 28.4 Å². The Hall–Kier alpha value is -7.46. The molecule has 5 nitrogen and oxygen atoms in total. The maximum atomic E-state index is 7.23. The molecule has 0 unspecified atom stereocenters. The minimum Gasteiger partial charge on any atom is -0.509 e. The maximum absolute atomic E-state index is 7.23. The molecule has 10 aromatic rings. The van der Waals surface area contributed by atoms with E-state index in [9.17, 15) is 0 Å². The SMILES string of the molecule is CC(C)c1cccc(C(C)C)c1C1=CN(c2cc(-c3ccccc3)cc(C(C)(C)C)c2)[CH-]N1c1[c-]c(Oc2[c-]c3c(cc2)c2ccc(C(C)(C)C)cc2n3-c2cc(C(C)(C)c3ccccc3)ccn2)cc(C(C)(C)c2ccccc2)c1.[Pt]. The molecule has 0 bridgehead atoms. The molecule has 0 fully saturated rings. The van der Waals surface area contributed by atoms with E-state index in [0.29, 0.717) is 11.5 Å². The van der Waals surface area contributed by atoms with Crippen LogP contribution in [0.3, 0.4) is 0 Å². The molecule has 82 heavy (non-hydrogen) atoms. The van der Waals surface area contributed by atoms with Gasteiger partial charge in [0.2, 0.25) is 0 Å². The summed E-state index contributed by atoms with van der Waals surface area (Å²) in [6.45, 7) is 34.4. The maximum Gasteiger partial charge on any atom is 0.135 e. The van der Waals surface area contributed by atoms with Crippen LogP contribution in [0.1, 0.15) is 159 Å². The third kappa shape index (κ3) is 11.1. The molecule has 6 heteroatoms. The summed E-state index contributed by atoms with van der Waals surface area (Å²) in [5.74, 6) is 2.55. The van der Waals surface area contributed by atoms with Crippen molar-refractivity contribution in [2.24, 2.45) is 0 Å². The number of ether oxygens (including phenoxy) is 1. The van der Waals surface area contributed by atoms with Crippen LogP contribution in [0.2, 0.25) is 0 Å². The minimum absolute atomic E-state index is 0. The monoisotopic (exact) mass is 1260 g/mol. The normalized spacial score (nSPS) is 13.3. The molecule has 2 aromatic heterocycles. The van der Waals surface area contributed by atoms with E-state index < -0.39 is 5.41 Å². The number of rotatable bonds is 13. The number of hydrogen-bond donors (Lipinski definition) is 0. The predicted molar refractivity (Wildman–Crippen MR) is 341 cm³/mol. The second-order valence-corrected chi connectivity index (χ2v) is 25.9. The molecule has 1 aliphatic rings. The van der Waals surface area contributed by atoms with E-state index >= 15 is 0 Å². The van der Waals surface area contributed by atoms with Crippen molar-refractivity contribution in [2.45, 2.75) is 130 Å². The number of nitrogens with zero attached hydrogens (tertiary/aromatic N) is 4. The van der Waals surface area contributed by atoms with Crippen molar-refractivity contribution >= 4 is 38.9 Å². The number of benzene rings is 8. The van der Waals surface area contributed by atoms with Gasteiger partial charge in [0.25, 0.3) is 0 Å². The van der Waals surface area contributed by atoms with E-state index in [1.165, 1.54) is 55.6 Å². The Morgan fingerprint density at radius 2 is 1.09 bits per heavy atom. The van der Waals surface area contributed by atoms with E-state index in [0.717, 1.165) is 50.3 Å². The summed E-state index contributed by atoms with van der Waals surface area (Å²) < 4.78 is 9.52. The van der Waals surface area contributed by atoms with Gasteiger partial charge in [-0.1, -0.05) is 230 Å². The molecule has 0 aliphatic carbocycles. The minimum atomic E-state index is -0.424. The Kier molecular flexibility index (Phi) is 15.8. The average Bonchev–Trinajstić information content (AvgIpc) is 4.10. The third-order valence-corrected chi connectivity index (χ3v) is 16.8. The molecule has 1 aliphatic heterocycles. The number of pyridine rings is 1. The molecule has 3 heterocycles. The van der Waals surface area contributed by atoms with Gasteiger partial charge in [-0.15, -0.1) is 53.6 Å². The van der Waals surface area contributed by atoms with E-state index in [1.54, 1.807) is 0 Å². The van der Waals surface area contributed by atoms with Gasteiger partial charge in [-0.25, -0.2) is 4.98 Å². The fourth-order valence-corrected chi connectivity index (χ4v) is 11.6. The largest absolute Gasteiger partial charge is 0.509 e. The molecule has 0 amide bonds. The van der Waals surface area contributed by atoms with Gasteiger partial charge in [0.05, 0.1) is 0 Å².